The molecule has 0 heterocycles. The summed E-state index contributed by atoms with van der Waals surface area (Å²) in [4.78, 5) is 10.5. The first-order chi connectivity index (χ1) is 8.54. The molecule has 0 aliphatic rings. The van der Waals surface area contributed by atoms with E-state index in [1.54, 1.807) is 6.08 Å². The number of rotatable bonds is 6. The quantitative estimate of drug-likeness (QED) is 0.476. The van der Waals surface area contributed by atoms with Gasteiger partial charge in [-0.25, -0.2) is 0 Å². The minimum absolute atomic E-state index is 0.0815. The van der Waals surface area contributed by atoms with Crippen LogP contribution in [-0.2, 0) is 0 Å². The molecule has 0 spiro atoms. The van der Waals surface area contributed by atoms with Crippen molar-refractivity contribution in [2.75, 3.05) is 14.2 Å². The third-order valence-electron chi connectivity index (χ3n) is 2.55. The standard InChI is InChI=1S/C12H16N2O4/c1-4-5-9(13)8-6-11(17-2)12(18-3)7-10(8)14(15)16/h4,6-7,9H,1,5,13H2,2-3H3/t9-/m1/s1. The summed E-state index contributed by atoms with van der Waals surface area (Å²) >= 11 is 0. The Bertz CT molecular complexity index is 460. The Hall–Kier alpha value is -2.08. The minimum Gasteiger partial charge on any atom is -0.493 e. The Kier molecular flexibility index (Phi) is 4.67. The molecule has 0 aromatic heterocycles. The molecule has 1 aromatic carbocycles. The fourth-order valence-corrected chi connectivity index (χ4v) is 1.65. The molecule has 0 bridgehead atoms. The molecular formula is C12H16N2O4. The number of ether oxygens (including phenoxy) is 2. The maximum atomic E-state index is 11.0. The molecule has 1 rings (SSSR count). The fraction of sp³-hybridized carbons (Fsp3) is 0.333. The van der Waals surface area contributed by atoms with Gasteiger partial charge in [-0.15, -0.1) is 6.58 Å². The summed E-state index contributed by atoms with van der Waals surface area (Å²) in [6, 6.07) is 2.35. The summed E-state index contributed by atoms with van der Waals surface area (Å²) in [5.74, 6) is 0.719. The van der Waals surface area contributed by atoms with E-state index in [0.717, 1.165) is 0 Å². The number of methoxy groups -OCH3 is 2. The molecule has 6 heteroatoms. The van der Waals surface area contributed by atoms with Gasteiger partial charge in [0.25, 0.3) is 5.69 Å². The van der Waals surface area contributed by atoms with Crippen molar-refractivity contribution in [2.45, 2.75) is 12.5 Å². The SMILES string of the molecule is C=CC[C@@H](N)c1cc(OC)c(OC)cc1[N+](=O)[O-]. The second-order valence-electron chi connectivity index (χ2n) is 3.65. The smallest absolute Gasteiger partial charge is 0.278 e. The highest BCUT2D eigenvalue weighted by atomic mass is 16.6. The first-order valence-electron chi connectivity index (χ1n) is 5.31. The topological polar surface area (TPSA) is 87.6 Å². The highest BCUT2D eigenvalue weighted by Crippen LogP contribution is 2.37. The first kappa shape index (κ1) is 14.0. The molecule has 0 unspecified atom stereocenters. The molecule has 18 heavy (non-hydrogen) atoms. The summed E-state index contributed by atoms with van der Waals surface area (Å²) in [5.41, 5.74) is 6.21. The van der Waals surface area contributed by atoms with Crippen LogP contribution < -0.4 is 15.2 Å². The van der Waals surface area contributed by atoms with Gasteiger partial charge in [0, 0.05) is 6.04 Å². The van der Waals surface area contributed by atoms with Gasteiger partial charge < -0.3 is 15.2 Å². The van der Waals surface area contributed by atoms with E-state index in [0.29, 0.717) is 23.5 Å². The van der Waals surface area contributed by atoms with Crippen LogP contribution in [-0.4, -0.2) is 19.1 Å². The van der Waals surface area contributed by atoms with E-state index in [1.165, 1.54) is 26.4 Å². The van der Waals surface area contributed by atoms with Crippen LogP contribution in [0.4, 0.5) is 5.69 Å². The van der Waals surface area contributed by atoms with Crippen LogP contribution in [0.1, 0.15) is 18.0 Å². The molecule has 0 radical (unpaired) electrons. The zero-order valence-corrected chi connectivity index (χ0v) is 10.4. The summed E-state index contributed by atoms with van der Waals surface area (Å²) in [7, 11) is 2.89. The zero-order valence-electron chi connectivity index (χ0n) is 10.4. The monoisotopic (exact) mass is 252 g/mol. The molecule has 0 aliphatic carbocycles. The number of nitrogens with zero attached hydrogens (tertiary/aromatic N) is 1. The molecule has 2 N–H and O–H groups in total. The number of nitro benzene ring substituents is 1. The Morgan fingerprint density at radius 1 is 1.44 bits per heavy atom. The number of benzene rings is 1. The van der Waals surface area contributed by atoms with Crippen LogP contribution in [0.25, 0.3) is 0 Å². The molecule has 0 saturated carbocycles. The third-order valence-corrected chi connectivity index (χ3v) is 2.55. The number of hydrogen-bond acceptors (Lipinski definition) is 5. The Labute approximate surface area is 105 Å². The normalized spacial score (nSPS) is 11.7. The lowest BCUT2D eigenvalue weighted by Crippen LogP contribution is -2.12. The van der Waals surface area contributed by atoms with Crippen LogP contribution in [0.3, 0.4) is 0 Å². The zero-order chi connectivity index (χ0) is 13.7. The Balaban J connectivity index is 3.37. The first-order valence-corrected chi connectivity index (χ1v) is 5.31. The molecule has 0 amide bonds. The Morgan fingerprint density at radius 2 is 2.00 bits per heavy atom. The largest absolute Gasteiger partial charge is 0.493 e. The van der Waals surface area contributed by atoms with Gasteiger partial charge in [-0.05, 0) is 12.5 Å². The number of nitro groups is 1. The lowest BCUT2D eigenvalue weighted by atomic mass is 10.0. The predicted octanol–water partition coefficient (Wildman–Crippen LogP) is 2.19. The van der Waals surface area contributed by atoms with E-state index >= 15 is 0 Å². The van der Waals surface area contributed by atoms with Gasteiger partial charge in [0.05, 0.1) is 30.8 Å². The molecule has 1 aromatic rings. The average Bonchev–Trinajstić information content (AvgIpc) is 2.37. The van der Waals surface area contributed by atoms with Gasteiger partial charge in [0.1, 0.15) is 0 Å². The van der Waals surface area contributed by atoms with E-state index in [1.807, 2.05) is 0 Å². The second-order valence-corrected chi connectivity index (χ2v) is 3.65. The fourth-order valence-electron chi connectivity index (χ4n) is 1.65. The van der Waals surface area contributed by atoms with E-state index in [9.17, 15) is 10.1 Å². The minimum atomic E-state index is -0.497. The molecule has 0 saturated heterocycles. The average molecular weight is 252 g/mol. The van der Waals surface area contributed by atoms with Gasteiger partial charge in [-0.3, -0.25) is 10.1 Å². The van der Waals surface area contributed by atoms with E-state index < -0.39 is 11.0 Å². The maximum Gasteiger partial charge on any atom is 0.278 e. The highest BCUT2D eigenvalue weighted by Gasteiger charge is 2.22. The van der Waals surface area contributed by atoms with E-state index in [2.05, 4.69) is 6.58 Å². The lowest BCUT2D eigenvalue weighted by Gasteiger charge is -2.14. The molecule has 98 valence electrons. The van der Waals surface area contributed by atoms with Crippen molar-refractivity contribution in [3.8, 4) is 11.5 Å². The van der Waals surface area contributed by atoms with Gasteiger partial charge in [-0.2, -0.15) is 0 Å². The summed E-state index contributed by atoms with van der Waals surface area (Å²) in [6.45, 7) is 3.57. The van der Waals surface area contributed by atoms with Crippen LogP contribution in [0.5, 0.6) is 11.5 Å². The summed E-state index contributed by atoms with van der Waals surface area (Å²) < 4.78 is 10.1. The molecule has 6 nitrogen and oxygen atoms in total. The summed E-state index contributed by atoms with van der Waals surface area (Å²) in [6.07, 6.45) is 2.06. The van der Waals surface area contributed by atoms with Crippen LogP contribution in [0, 0.1) is 10.1 Å². The molecular weight excluding hydrogens is 236 g/mol. The van der Waals surface area contributed by atoms with Crippen molar-refractivity contribution < 1.29 is 14.4 Å². The van der Waals surface area contributed by atoms with Gasteiger partial charge in [-0.1, -0.05) is 6.08 Å². The lowest BCUT2D eigenvalue weighted by molar-refractivity contribution is -0.385. The van der Waals surface area contributed by atoms with Crippen LogP contribution in [0.2, 0.25) is 0 Å². The third kappa shape index (κ3) is 2.78. The molecule has 0 fully saturated rings. The van der Waals surface area contributed by atoms with Crippen molar-refractivity contribution in [3.05, 3.63) is 40.5 Å². The van der Waals surface area contributed by atoms with E-state index in [-0.39, 0.29) is 5.69 Å². The molecule has 1 atom stereocenters. The van der Waals surface area contributed by atoms with Crippen LogP contribution in [0.15, 0.2) is 24.8 Å². The van der Waals surface area contributed by atoms with Gasteiger partial charge in [0.15, 0.2) is 11.5 Å². The van der Waals surface area contributed by atoms with Crippen molar-refractivity contribution in [1.82, 2.24) is 0 Å². The second kappa shape index (κ2) is 6.02. The maximum absolute atomic E-state index is 11.0. The molecule has 0 aliphatic heterocycles. The van der Waals surface area contributed by atoms with Gasteiger partial charge in [0.2, 0.25) is 0 Å². The van der Waals surface area contributed by atoms with Crippen molar-refractivity contribution in [3.63, 3.8) is 0 Å². The van der Waals surface area contributed by atoms with Crippen LogP contribution >= 0.6 is 0 Å². The van der Waals surface area contributed by atoms with Crippen molar-refractivity contribution in [2.24, 2.45) is 5.73 Å². The van der Waals surface area contributed by atoms with Gasteiger partial charge >= 0.3 is 0 Å². The highest BCUT2D eigenvalue weighted by molar-refractivity contribution is 5.55. The number of hydrogen-bond donors (Lipinski definition) is 1. The van der Waals surface area contributed by atoms with E-state index in [4.69, 9.17) is 15.2 Å². The van der Waals surface area contributed by atoms with Crippen molar-refractivity contribution in [1.29, 1.82) is 0 Å². The predicted molar refractivity (Wildman–Crippen MR) is 67.9 cm³/mol. The summed E-state index contributed by atoms with van der Waals surface area (Å²) in [5, 5.41) is 11.0. The Morgan fingerprint density at radius 3 is 2.44 bits per heavy atom. The van der Waals surface area contributed by atoms with Crippen molar-refractivity contribution >= 4 is 5.69 Å². The number of nitrogens with two attached hydrogens (primary N) is 1.